The maximum atomic E-state index is 12.5. The molecule has 0 unspecified atom stereocenters. The van der Waals surface area contributed by atoms with Gasteiger partial charge in [0.2, 0.25) is 5.91 Å². The highest BCUT2D eigenvalue weighted by atomic mass is 32.1. The van der Waals surface area contributed by atoms with Crippen molar-refractivity contribution in [1.29, 1.82) is 0 Å². The summed E-state index contributed by atoms with van der Waals surface area (Å²) in [5.41, 5.74) is 1.60. The average molecular weight is 383 g/mol. The van der Waals surface area contributed by atoms with Gasteiger partial charge in [-0.25, -0.2) is 4.98 Å². The first-order chi connectivity index (χ1) is 13.1. The maximum Gasteiger partial charge on any atom is 0.268 e. The molecule has 4 heterocycles. The molecule has 1 saturated heterocycles. The number of amides is 2. The van der Waals surface area contributed by atoms with Gasteiger partial charge in [-0.1, -0.05) is 6.07 Å². The van der Waals surface area contributed by atoms with E-state index >= 15 is 0 Å². The van der Waals surface area contributed by atoms with Gasteiger partial charge in [-0.05, 0) is 29.6 Å². The SMILES string of the molecule is Cn1c(C(=O)NCC(=O)N2CCN(c3ccccn3)CC2)cc2sccc21. The van der Waals surface area contributed by atoms with Gasteiger partial charge < -0.3 is 19.7 Å². The lowest BCUT2D eigenvalue weighted by Gasteiger charge is -2.35. The van der Waals surface area contributed by atoms with E-state index in [4.69, 9.17) is 0 Å². The predicted molar refractivity (Wildman–Crippen MR) is 106 cm³/mol. The van der Waals surface area contributed by atoms with Crippen LogP contribution in [0.15, 0.2) is 41.9 Å². The average Bonchev–Trinajstić information content (AvgIpc) is 3.30. The Morgan fingerprint density at radius 1 is 1.19 bits per heavy atom. The van der Waals surface area contributed by atoms with Crippen LogP contribution in [-0.2, 0) is 11.8 Å². The first kappa shape index (κ1) is 17.5. The zero-order chi connectivity index (χ0) is 18.8. The minimum Gasteiger partial charge on any atom is -0.353 e. The van der Waals surface area contributed by atoms with Crippen LogP contribution in [0.3, 0.4) is 0 Å². The highest BCUT2D eigenvalue weighted by molar-refractivity contribution is 7.17. The summed E-state index contributed by atoms with van der Waals surface area (Å²) in [6.45, 7) is 2.76. The monoisotopic (exact) mass is 383 g/mol. The van der Waals surface area contributed by atoms with Crippen LogP contribution in [0.1, 0.15) is 10.5 Å². The number of nitrogens with one attached hydrogen (secondary N) is 1. The number of piperazine rings is 1. The lowest BCUT2D eigenvalue weighted by Crippen LogP contribution is -2.51. The van der Waals surface area contributed by atoms with Gasteiger partial charge in [-0.15, -0.1) is 11.3 Å². The van der Waals surface area contributed by atoms with Crippen LogP contribution in [0, 0.1) is 0 Å². The second-order valence-electron chi connectivity index (χ2n) is 6.50. The fraction of sp³-hybridized carbons (Fsp3) is 0.316. The molecule has 140 valence electrons. The molecule has 27 heavy (non-hydrogen) atoms. The van der Waals surface area contributed by atoms with E-state index in [-0.39, 0.29) is 18.4 Å². The fourth-order valence-electron chi connectivity index (χ4n) is 3.35. The Morgan fingerprint density at radius 3 is 2.70 bits per heavy atom. The number of fused-ring (bicyclic) bond motifs is 1. The van der Waals surface area contributed by atoms with E-state index in [1.807, 2.05) is 47.3 Å². The van der Waals surface area contributed by atoms with Gasteiger partial charge in [0.05, 0.1) is 16.8 Å². The van der Waals surface area contributed by atoms with Crippen molar-refractivity contribution in [2.45, 2.75) is 0 Å². The molecule has 0 bridgehead atoms. The van der Waals surface area contributed by atoms with Gasteiger partial charge in [0.15, 0.2) is 0 Å². The normalized spacial score (nSPS) is 14.6. The molecule has 1 aliphatic rings. The van der Waals surface area contributed by atoms with Crippen molar-refractivity contribution < 1.29 is 9.59 Å². The summed E-state index contributed by atoms with van der Waals surface area (Å²) in [6.07, 6.45) is 1.77. The van der Waals surface area contributed by atoms with E-state index in [0.717, 1.165) is 29.1 Å². The molecule has 0 aliphatic carbocycles. The highest BCUT2D eigenvalue weighted by Gasteiger charge is 2.22. The van der Waals surface area contributed by atoms with Gasteiger partial charge in [0.25, 0.3) is 5.91 Å². The molecule has 0 aromatic carbocycles. The van der Waals surface area contributed by atoms with Crippen LogP contribution >= 0.6 is 11.3 Å². The van der Waals surface area contributed by atoms with Gasteiger partial charge in [0.1, 0.15) is 11.5 Å². The summed E-state index contributed by atoms with van der Waals surface area (Å²) in [4.78, 5) is 33.2. The van der Waals surface area contributed by atoms with E-state index in [0.29, 0.717) is 18.8 Å². The molecule has 3 aromatic rings. The third-order valence-corrected chi connectivity index (χ3v) is 5.76. The molecule has 0 radical (unpaired) electrons. The number of aromatic nitrogens is 2. The molecule has 8 heteroatoms. The zero-order valence-electron chi connectivity index (χ0n) is 15.1. The summed E-state index contributed by atoms with van der Waals surface area (Å²) in [5, 5.41) is 4.76. The van der Waals surface area contributed by atoms with E-state index in [1.165, 1.54) is 0 Å². The van der Waals surface area contributed by atoms with Crippen LogP contribution in [0.5, 0.6) is 0 Å². The lowest BCUT2D eigenvalue weighted by molar-refractivity contribution is -0.130. The van der Waals surface area contributed by atoms with Gasteiger partial charge in [-0.3, -0.25) is 9.59 Å². The quantitative estimate of drug-likeness (QED) is 0.745. The van der Waals surface area contributed by atoms with E-state index in [1.54, 1.807) is 22.4 Å². The molecule has 1 fully saturated rings. The molecule has 1 N–H and O–H groups in total. The minimum absolute atomic E-state index is 0.0151. The number of nitrogens with zero attached hydrogens (tertiary/aromatic N) is 4. The first-order valence-electron chi connectivity index (χ1n) is 8.88. The number of pyridine rings is 1. The topological polar surface area (TPSA) is 70.5 Å². The Balaban J connectivity index is 1.30. The van der Waals surface area contributed by atoms with Crippen LogP contribution in [-0.4, -0.2) is 59.0 Å². The highest BCUT2D eigenvalue weighted by Crippen LogP contribution is 2.24. The number of anilines is 1. The molecule has 7 nitrogen and oxygen atoms in total. The van der Waals surface area contributed by atoms with Crippen molar-refractivity contribution in [2.75, 3.05) is 37.6 Å². The van der Waals surface area contributed by atoms with Gasteiger partial charge in [-0.2, -0.15) is 0 Å². The van der Waals surface area contributed by atoms with Crippen molar-refractivity contribution in [3.8, 4) is 0 Å². The van der Waals surface area contributed by atoms with E-state index < -0.39 is 0 Å². The Morgan fingerprint density at radius 2 is 2.00 bits per heavy atom. The van der Waals surface area contributed by atoms with Crippen LogP contribution < -0.4 is 10.2 Å². The maximum absolute atomic E-state index is 12.5. The number of hydrogen-bond acceptors (Lipinski definition) is 5. The largest absolute Gasteiger partial charge is 0.353 e. The molecule has 0 atom stereocenters. The molecule has 0 saturated carbocycles. The third kappa shape index (κ3) is 3.52. The predicted octanol–water partition coefficient (Wildman–Crippen LogP) is 1.71. The summed E-state index contributed by atoms with van der Waals surface area (Å²) >= 11 is 1.60. The number of aryl methyl sites for hydroxylation is 1. The van der Waals surface area contributed by atoms with Crippen molar-refractivity contribution in [2.24, 2.45) is 7.05 Å². The standard InChI is InChI=1S/C19H21N5O2S/c1-22-14-5-11-27-16(14)12-15(22)19(26)21-13-18(25)24-9-7-23(8-10-24)17-4-2-3-6-20-17/h2-6,11-12H,7-10,13H2,1H3,(H,21,26). The fourth-order valence-corrected chi connectivity index (χ4v) is 4.20. The Hall–Kier alpha value is -2.87. The second kappa shape index (κ2) is 7.40. The Kier molecular flexibility index (Phi) is 4.81. The van der Waals surface area contributed by atoms with Crippen molar-refractivity contribution in [1.82, 2.24) is 19.8 Å². The van der Waals surface area contributed by atoms with Crippen LogP contribution in [0.4, 0.5) is 5.82 Å². The first-order valence-corrected chi connectivity index (χ1v) is 9.76. The molecular weight excluding hydrogens is 362 g/mol. The van der Waals surface area contributed by atoms with Gasteiger partial charge in [0, 0.05) is 39.4 Å². The molecule has 1 aliphatic heterocycles. The van der Waals surface area contributed by atoms with Crippen molar-refractivity contribution in [3.05, 3.63) is 47.6 Å². The van der Waals surface area contributed by atoms with Gasteiger partial charge >= 0.3 is 0 Å². The van der Waals surface area contributed by atoms with Crippen molar-refractivity contribution >= 4 is 39.2 Å². The van der Waals surface area contributed by atoms with E-state index in [9.17, 15) is 9.59 Å². The molecule has 2 amide bonds. The summed E-state index contributed by atoms with van der Waals surface area (Å²) < 4.78 is 2.93. The smallest absolute Gasteiger partial charge is 0.268 e. The zero-order valence-corrected chi connectivity index (χ0v) is 15.9. The summed E-state index contributed by atoms with van der Waals surface area (Å²) in [6, 6.07) is 9.68. The number of rotatable bonds is 4. The Labute approximate surface area is 161 Å². The number of hydrogen-bond donors (Lipinski definition) is 1. The van der Waals surface area contributed by atoms with E-state index in [2.05, 4.69) is 15.2 Å². The third-order valence-electron chi connectivity index (χ3n) is 4.90. The molecule has 0 spiro atoms. The van der Waals surface area contributed by atoms with Crippen LogP contribution in [0.25, 0.3) is 10.2 Å². The van der Waals surface area contributed by atoms with Crippen molar-refractivity contribution in [3.63, 3.8) is 0 Å². The minimum atomic E-state index is -0.221. The number of carbonyl (C=O) groups is 2. The molecule has 3 aromatic heterocycles. The second-order valence-corrected chi connectivity index (χ2v) is 7.44. The Bertz CT molecular complexity index is 957. The lowest BCUT2D eigenvalue weighted by atomic mass is 10.3. The number of thiophene rings is 1. The number of carbonyl (C=O) groups excluding carboxylic acids is 2. The summed E-state index contributed by atoms with van der Waals surface area (Å²) in [5.74, 6) is 0.656. The summed E-state index contributed by atoms with van der Waals surface area (Å²) in [7, 11) is 1.86. The van der Waals surface area contributed by atoms with Crippen LogP contribution in [0.2, 0.25) is 0 Å². The molecule has 4 rings (SSSR count). The molecular formula is C19H21N5O2S.